The summed E-state index contributed by atoms with van der Waals surface area (Å²) < 4.78 is 0. The fourth-order valence-electron chi connectivity index (χ4n) is 0. The zero-order valence-corrected chi connectivity index (χ0v) is 11.3. The molecular formula is H3BCl2KNaO3. The van der Waals surface area contributed by atoms with Gasteiger partial charge < -0.3 is 39.9 Å². The fourth-order valence-corrected chi connectivity index (χ4v) is 0. The SMILES string of the molecule is OB(O)O.[Cl-].[Cl-].[K+].[Na+]. The molecule has 0 fully saturated rings. The average molecular weight is 195 g/mol. The Morgan fingerprint density at radius 3 is 0.875 bits per heavy atom. The zero-order chi connectivity index (χ0) is 3.58. The van der Waals surface area contributed by atoms with Gasteiger partial charge in [-0.2, -0.15) is 0 Å². The van der Waals surface area contributed by atoms with E-state index >= 15 is 0 Å². The van der Waals surface area contributed by atoms with E-state index in [2.05, 4.69) is 0 Å². The van der Waals surface area contributed by atoms with Crippen LogP contribution in [0.2, 0.25) is 0 Å². The molecular weight excluding hydrogens is 192 g/mol. The van der Waals surface area contributed by atoms with Crippen LogP contribution < -0.4 is 106 Å². The number of hydrogen-bond donors (Lipinski definition) is 3. The molecule has 0 aromatic rings. The van der Waals surface area contributed by atoms with Gasteiger partial charge in [-0.25, -0.2) is 0 Å². The summed E-state index contributed by atoms with van der Waals surface area (Å²) >= 11 is 0. The van der Waals surface area contributed by atoms with Gasteiger partial charge in [0.25, 0.3) is 0 Å². The van der Waals surface area contributed by atoms with Gasteiger partial charge in [-0.3, -0.25) is 0 Å². The molecule has 0 rings (SSSR count). The Morgan fingerprint density at radius 2 is 0.875 bits per heavy atom. The molecule has 0 aliphatic carbocycles. The third kappa shape index (κ3) is 61.1. The molecule has 0 atom stereocenters. The van der Waals surface area contributed by atoms with Crippen molar-refractivity contribution in [1.82, 2.24) is 0 Å². The van der Waals surface area contributed by atoms with Gasteiger partial charge in [-0.15, -0.1) is 0 Å². The van der Waals surface area contributed by atoms with Gasteiger partial charge in [-0.05, 0) is 0 Å². The van der Waals surface area contributed by atoms with E-state index in [4.69, 9.17) is 15.1 Å². The van der Waals surface area contributed by atoms with E-state index < -0.39 is 7.32 Å². The van der Waals surface area contributed by atoms with Crippen molar-refractivity contribution < 1.29 is 121 Å². The molecule has 0 aromatic carbocycles. The fraction of sp³-hybridized carbons (Fsp3) is 0. The van der Waals surface area contributed by atoms with E-state index in [0.717, 1.165) is 0 Å². The quantitative estimate of drug-likeness (QED) is 0.336. The van der Waals surface area contributed by atoms with E-state index in [0.29, 0.717) is 0 Å². The standard InChI is InChI=1S/BH3O3.2ClH.K.Na/c2-1(3)4;;;;/h2-4H;2*1H;;/q;;;2*+1/p-2. The first-order valence-corrected chi connectivity index (χ1v) is 0.775. The van der Waals surface area contributed by atoms with Gasteiger partial charge in [0.05, 0.1) is 0 Å². The third-order valence-electron chi connectivity index (χ3n) is 0. The Morgan fingerprint density at radius 1 is 0.875 bits per heavy atom. The first-order chi connectivity index (χ1) is 1.73. The summed E-state index contributed by atoms with van der Waals surface area (Å²) in [6, 6.07) is 0. The second-order valence-electron chi connectivity index (χ2n) is 0.346. The molecule has 3 N–H and O–H groups in total. The smallest absolute Gasteiger partial charge is 1.00 e. The molecule has 0 bridgehead atoms. The van der Waals surface area contributed by atoms with Crippen LogP contribution in [-0.2, 0) is 0 Å². The van der Waals surface area contributed by atoms with Crippen LogP contribution in [0.5, 0.6) is 0 Å². The second-order valence-corrected chi connectivity index (χ2v) is 0.346. The van der Waals surface area contributed by atoms with Crippen LogP contribution in [0.3, 0.4) is 0 Å². The second kappa shape index (κ2) is 22.5. The summed E-state index contributed by atoms with van der Waals surface area (Å²) in [5.41, 5.74) is 0. The van der Waals surface area contributed by atoms with Gasteiger partial charge in [0, 0.05) is 0 Å². The molecule has 8 heteroatoms. The predicted octanol–water partition coefficient (Wildman–Crippen LogP) is -14.0. The minimum atomic E-state index is -2.17. The minimum absolute atomic E-state index is 0. The molecule has 0 heterocycles. The molecule has 40 valence electrons. The zero-order valence-electron chi connectivity index (χ0n) is 4.67. The Hall–Kier alpha value is 3.16. The number of rotatable bonds is 0. The minimum Gasteiger partial charge on any atom is -1.00 e. The first kappa shape index (κ1) is 30.4. The molecule has 0 saturated carbocycles. The molecule has 8 heavy (non-hydrogen) atoms. The van der Waals surface area contributed by atoms with Crippen molar-refractivity contribution in [2.45, 2.75) is 0 Å². The normalized spacial score (nSPS) is 3.38. The summed E-state index contributed by atoms with van der Waals surface area (Å²) in [7, 11) is -2.17. The van der Waals surface area contributed by atoms with Crippen molar-refractivity contribution in [2.75, 3.05) is 0 Å². The van der Waals surface area contributed by atoms with Crippen LogP contribution in [0.4, 0.5) is 0 Å². The predicted molar refractivity (Wildman–Crippen MR) is 12.4 cm³/mol. The average Bonchev–Trinajstić information content (AvgIpc) is 0.811. The first-order valence-electron chi connectivity index (χ1n) is 0.775. The molecule has 0 aliphatic heterocycles. The summed E-state index contributed by atoms with van der Waals surface area (Å²) in [5, 5.41) is 21.5. The van der Waals surface area contributed by atoms with Crippen LogP contribution in [0.15, 0.2) is 0 Å². The van der Waals surface area contributed by atoms with E-state index in [-0.39, 0.29) is 106 Å². The van der Waals surface area contributed by atoms with Crippen LogP contribution in [-0.4, -0.2) is 22.4 Å². The molecule has 3 nitrogen and oxygen atoms in total. The topological polar surface area (TPSA) is 60.7 Å². The van der Waals surface area contributed by atoms with E-state index in [1.807, 2.05) is 0 Å². The summed E-state index contributed by atoms with van der Waals surface area (Å²) in [6.07, 6.45) is 0. The third-order valence-corrected chi connectivity index (χ3v) is 0. The summed E-state index contributed by atoms with van der Waals surface area (Å²) in [5.74, 6) is 0. The van der Waals surface area contributed by atoms with Crippen LogP contribution in [0.25, 0.3) is 0 Å². The number of hydrogen-bond acceptors (Lipinski definition) is 3. The van der Waals surface area contributed by atoms with Crippen molar-refractivity contribution in [1.29, 1.82) is 0 Å². The van der Waals surface area contributed by atoms with E-state index in [1.54, 1.807) is 0 Å². The molecule has 0 aliphatic rings. The van der Waals surface area contributed by atoms with Gasteiger partial charge in [0.1, 0.15) is 0 Å². The van der Waals surface area contributed by atoms with Crippen molar-refractivity contribution in [3.63, 3.8) is 0 Å². The maximum atomic E-state index is 7.17. The summed E-state index contributed by atoms with van der Waals surface area (Å²) in [6.45, 7) is 0. The maximum Gasteiger partial charge on any atom is 1.00 e. The Bertz CT molecular complexity index is 22.0. The van der Waals surface area contributed by atoms with Gasteiger partial charge >= 0.3 is 88.3 Å². The van der Waals surface area contributed by atoms with Gasteiger partial charge in [0.15, 0.2) is 0 Å². The largest absolute Gasteiger partial charge is 1.00 e. The molecule has 0 saturated heterocycles. The molecule has 0 amide bonds. The Balaban J connectivity index is -0.00000000750. The summed E-state index contributed by atoms with van der Waals surface area (Å²) in [4.78, 5) is 0. The molecule has 0 unspecified atom stereocenters. The van der Waals surface area contributed by atoms with Crippen LogP contribution in [0, 0.1) is 0 Å². The Labute approximate surface area is 125 Å². The van der Waals surface area contributed by atoms with Gasteiger partial charge in [-0.1, -0.05) is 0 Å². The Kier molecular flexibility index (Phi) is 85.3. The maximum absolute atomic E-state index is 7.17. The van der Waals surface area contributed by atoms with Crippen LogP contribution in [0.1, 0.15) is 0 Å². The van der Waals surface area contributed by atoms with Gasteiger partial charge in [0.2, 0.25) is 0 Å². The number of halogens is 2. The van der Waals surface area contributed by atoms with E-state index in [1.165, 1.54) is 0 Å². The monoisotopic (exact) mass is 194 g/mol. The van der Waals surface area contributed by atoms with Crippen LogP contribution >= 0.6 is 0 Å². The van der Waals surface area contributed by atoms with Crippen molar-refractivity contribution in [3.05, 3.63) is 0 Å². The van der Waals surface area contributed by atoms with Crippen molar-refractivity contribution in [2.24, 2.45) is 0 Å². The molecule has 0 aromatic heterocycles. The van der Waals surface area contributed by atoms with Crippen molar-refractivity contribution >= 4 is 7.32 Å². The van der Waals surface area contributed by atoms with E-state index in [9.17, 15) is 0 Å². The molecule has 0 spiro atoms. The van der Waals surface area contributed by atoms with Crippen molar-refractivity contribution in [3.8, 4) is 0 Å². The molecule has 0 radical (unpaired) electrons.